The standard InChI is InChI=1S/C12H14FN/c13-11-3-1-9(2-4-11)10-5-12(6-10)7-14-8-12/h1-4,10,14H,5-8H2. The van der Waals surface area contributed by atoms with Gasteiger partial charge in [-0.2, -0.15) is 0 Å². The number of benzene rings is 1. The van der Waals surface area contributed by atoms with Crippen molar-refractivity contribution in [3.05, 3.63) is 35.6 Å². The Morgan fingerprint density at radius 2 is 1.79 bits per heavy atom. The Labute approximate surface area is 83.3 Å². The number of halogens is 1. The summed E-state index contributed by atoms with van der Waals surface area (Å²) in [5.41, 5.74) is 1.92. The highest BCUT2D eigenvalue weighted by Gasteiger charge is 2.48. The highest BCUT2D eigenvalue weighted by atomic mass is 19.1. The van der Waals surface area contributed by atoms with Crippen molar-refractivity contribution in [2.24, 2.45) is 5.41 Å². The normalized spacial score (nSPS) is 24.4. The van der Waals surface area contributed by atoms with Crippen LogP contribution in [0.2, 0.25) is 0 Å². The lowest BCUT2D eigenvalue weighted by molar-refractivity contribution is 0.0363. The minimum absolute atomic E-state index is 0.131. The molecule has 1 aromatic carbocycles. The third-order valence-corrected chi connectivity index (χ3v) is 3.70. The first-order chi connectivity index (χ1) is 6.77. The number of nitrogens with one attached hydrogen (secondary N) is 1. The van der Waals surface area contributed by atoms with Gasteiger partial charge < -0.3 is 5.32 Å². The second kappa shape index (κ2) is 2.80. The van der Waals surface area contributed by atoms with Gasteiger partial charge in [0.15, 0.2) is 0 Å². The smallest absolute Gasteiger partial charge is 0.123 e. The summed E-state index contributed by atoms with van der Waals surface area (Å²) in [6, 6.07) is 7.00. The van der Waals surface area contributed by atoms with E-state index >= 15 is 0 Å². The zero-order valence-corrected chi connectivity index (χ0v) is 8.09. The van der Waals surface area contributed by atoms with Gasteiger partial charge in [-0.05, 0) is 41.9 Å². The van der Waals surface area contributed by atoms with Gasteiger partial charge in [0.05, 0.1) is 0 Å². The molecule has 1 heterocycles. The van der Waals surface area contributed by atoms with Gasteiger partial charge in [-0.15, -0.1) is 0 Å². The lowest BCUT2D eigenvalue weighted by atomic mass is 9.57. The van der Waals surface area contributed by atoms with Gasteiger partial charge in [0.1, 0.15) is 5.82 Å². The average Bonchev–Trinajstić information content (AvgIpc) is 2.03. The molecule has 1 saturated carbocycles. The van der Waals surface area contributed by atoms with Gasteiger partial charge in [0.2, 0.25) is 0 Å². The monoisotopic (exact) mass is 191 g/mol. The number of hydrogen-bond donors (Lipinski definition) is 1. The lowest BCUT2D eigenvalue weighted by Crippen LogP contribution is -2.59. The van der Waals surface area contributed by atoms with Crippen LogP contribution in [-0.2, 0) is 0 Å². The molecule has 1 aliphatic carbocycles. The molecule has 0 amide bonds. The van der Waals surface area contributed by atoms with Gasteiger partial charge >= 0.3 is 0 Å². The Morgan fingerprint density at radius 1 is 1.14 bits per heavy atom. The molecule has 0 radical (unpaired) electrons. The predicted octanol–water partition coefficient (Wildman–Crippen LogP) is 2.29. The molecule has 1 N–H and O–H groups in total. The van der Waals surface area contributed by atoms with Gasteiger partial charge in [-0.3, -0.25) is 0 Å². The van der Waals surface area contributed by atoms with Crippen LogP contribution in [-0.4, -0.2) is 13.1 Å². The van der Waals surface area contributed by atoms with E-state index in [4.69, 9.17) is 0 Å². The fraction of sp³-hybridized carbons (Fsp3) is 0.500. The summed E-state index contributed by atoms with van der Waals surface area (Å²) in [4.78, 5) is 0. The van der Waals surface area contributed by atoms with Crippen LogP contribution < -0.4 is 5.32 Å². The minimum atomic E-state index is -0.131. The number of hydrogen-bond acceptors (Lipinski definition) is 1. The van der Waals surface area contributed by atoms with Crippen molar-refractivity contribution >= 4 is 0 Å². The van der Waals surface area contributed by atoms with Crippen molar-refractivity contribution in [1.82, 2.24) is 5.32 Å². The van der Waals surface area contributed by atoms with Crippen LogP contribution in [0.25, 0.3) is 0 Å². The summed E-state index contributed by atoms with van der Waals surface area (Å²) in [6.45, 7) is 2.37. The van der Waals surface area contributed by atoms with Crippen LogP contribution in [0.5, 0.6) is 0 Å². The third-order valence-electron chi connectivity index (χ3n) is 3.70. The lowest BCUT2D eigenvalue weighted by Gasteiger charge is -2.54. The average molecular weight is 191 g/mol. The van der Waals surface area contributed by atoms with Crippen molar-refractivity contribution < 1.29 is 4.39 Å². The maximum atomic E-state index is 12.7. The summed E-state index contributed by atoms with van der Waals surface area (Å²) in [6.07, 6.45) is 2.57. The molecule has 1 nitrogen and oxygen atoms in total. The van der Waals surface area contributed by atoms with Crippen LogP contribution in [0.3, 0.4) is 0 Å². The Hall–Kier alpha value is -0.890. The Kier molecular flexibility index (Phi) is 1.68. The van der Waals surface area contributed by atoms with Crippen LogP contribution in [0.15, 0.2) is 24.3 Å². The van der Waals surface area contributed by atoms with Gasteiger partial charge in [-0.1, -0.05) is 12.1 Å². The van der Waals surface area contributed by atoms with E-state index < -0.39 is 0 Å². The van der Waals surface area contributed by atoms with E-state index in [9.17, 15) is 4.39 Å². The summed E-state index contributed by atoms with van der Waals surface area (Å²) in [5, 5.41) is 3.33. The predicted molar refractivity (Wildman–Crippen MR) is 53.7 cm³/mol. The highest BCUT2D eigenvalue weighted by molar-refractivity contribution is 5.25. The quantitative estimate of drug-likeness (QED) is 0.718. The first kappa shape index (κ1) is 8.42. The third kappa shape index (κ3) is 1.17. The van der Waals surface area contributed by atoms with E-state index in [1.165, 1.54) is 31.5 Å². The van der Waals surface area contributed by atoms with Crippen LogP contribution in [0, 0.1) is 11.2 Å². The molecule has 0 aromatic heterocycles. The second-order valence-electron chi connectivity index (χ2n) is 4.76. The maximum Gasteiger partial charge on any atom is 0.123 e. The molecule has 1 spiro atoms. The highest BCUT2D eigenvalue weighted by Crippen LogP contribution is 2.53. The molecule has 2 heteroatoms. The molecule has 2 fully saturated rings. The Morgan fingerprint density at radius 3 is 2.29 bits per heavy atom. The van der Waals surface area contributed by atoms with Crippen molar-refractivity contribution in [2.75, 3.05) is 13.1 Å². The SMILES string of the molecule is Fc1ccc(C2CC3(CNC3)C2)cc1. The summed E-state index contributed by atoms with van der Waals surface area (Å²) in [5.74, 6) is 0.547. The van der Waals surface area contributed by atoms with Crippen LogP contribution >= 0.6 is 0 Å². The summed E-state index contributed by atoms with van der Waals surface area (Å²) < 4.78 is 12.7. The number of rotatable bonds is 1. The zero-order valence-electron chi connectivity index (χ0n) is 8.09. The summed E-state index contributed by atoms with van der Waals surface area (Å²) in [7, 11) is 0. The van der Waals surface area contributed by atoms with E-state index in [1.54, 1.807) is 12.1 Å². The Balaban J connectivity index is 1.70. The first-order valence-corrected chi connectivity index (χ1v) is 5.24. The molecular weight excluding hydrogens is 177 g/mol. The molecule has 14 heavy (non-hydrogen) atoms. The van der Waals surface area contributed by atoms with E-state index in [2.05, 4.69) is 5.32 Å². The van der Waals surface area contributed by atoms with Gasteiger partial charge in [-0.25, -0.2) is 4.39 Å². The van der Waals surface area contributed by atoms with E-state index in [1.807, 2.05) is 12.1 Å². The molecule has 0 unspecified atom stereocenters. The minimum Gasteiger partial charge on any atom is -0.316 e. The molecule has 0 bridgehead atoms. The molecule has 3 rings (SSSR count). The van der Waals surface area contributed by atoms with Gasteiger partial charge in [0, 0.05) is 13.1 Å². The van der Waals surface area contributed by atoms with E-state index in [0.29, 0.717) is 11.3 Å². The molecule has 74 valence electrons. The molecule has 0 atom stereocenters. The second-order valence-corrected chi connectivity index (χ2v) is 4.76. The van der Waals surface area contributed by atoms with Crippen molar-refractivity contribution in [3.8, 4) is 0 Å². The maximum absolute atomic E-state index is 12.7. The van der Waals surface area contributed by atoms with Gasteiger partial charge in [0.25, 0.3) is 0 Å². The zero-order chi connectivity index (χ0) is 9.60. The largest absolute Gasteiger partial charge is 0.316 e. The summed E-state index contributed by atoms with van der Waals surface area (Å²) >= 11 is 0. The molecule has 1 aromatic rings. The first-order valence-electron chi connectivity index (χ1n) is 5.24. The van der Waals surface area contributed by atoms with Crippen molar-refractivity contribution in [3.63, 3.8) is 0 Å². The van der Waals surface area contributed by atoms with Crippen molar-refractivity contribution in [2.45, 2.75) is 18.8 Å². The molecular formula is C12H14FN. The fourth-order valence-electron chi connectivity index (χ4n) is 2.72. The Bertz CT molecular complexity index is 332. The van der Waals surface area contributed by atoms with Crippen LogP contribution in [0.1, 0.15) is 24.3 Å². The topological polar surface area (TPSA) is 12.0 Å². The molecule has 1 aliphatic heterocycles. The van der Waals surface area contributed by atoms with E-state index in [-0.39, 0.29) is 5.82 Å². The molecule has 1 saturated heterocycles. The van der Waals surface area contributed by atoms with Crippen molar-refractivity contribution in [1.29, 1.82) is 0 Å². The van der Waals surface area contributed by atoms with E-state index in [0.717, 1.165) is 0 Å². The van der Waals surface area contributed by atoms with Crippen LogP contribution in [0.4, 0.5) is 4.39 Å². The molecule has 2 aliphatic rings. The fourth-order valence-corrected chi connectivity index (χ4v) is 2.72.